The summed E-state index contributed by atoms with van der Waals surface area (Å²) >= 11 is 6.21. The van der Waals surface area contributed by atoms with Crippen LogP contribution in [-0.2, 0) is 13.1 Å². The molecule has 2 N–H and O–H groups in total. The van der Waals surface area contributed by atoms with E-state index in [1.54, 1.807) is 24.3 Å². The van der Waals surface area contributed by atoms with Crippen LogP contribution in [0.3, 0.4) is 0 Å². The number of H-pyrrole nitrogens is 1. The number of nitrogens with zero attached hydrogens (tertiary/aromatic N) is 1. The van der Waals surface area contributed by atoms with Crippen molar-refractivity contribution in [1.29, 1.82) is 0 Å². The standard InChI is InChI=1S/C19H17ClN2O2/c20-16-7-3-6-15-17(23)8-13(21-19(15)16)10-22-9-12-4-1-2-5-14(12)18(24)11-22/h1-8,18,24H,9-11H2,(H,21,23). The van der Waals surface area contributed by atoms with Crippen molar-refractivity contribution in [3.63, 3.8) is 0 Å². The molecule has 24 heavy (non-hydrogen) atoms. The third-order valence-corrected chi connectivity index (χ3v) is 4.82. The lowest BCUT2D eigenvalue weighted by molar-refractivity contribution is 0.0875. The van der Waals surface area contributed by atoms with Crippen molar-refractivity contribution in [2.45, 2.75) is 19.2 Å². The van der Waals surface area contributed by atoms with E-state index in [0.717, 1.165) is 23.4 Å². The minimum Gasteiger partial charge on any atom is -0.387 e. The van der Waals surface area contributed by atoms with Crippen LogP contribution in [0.15, 0.2) is 53.3 Å². The lowest BCUT2D eigenvalue weighted by Gasteiger charge is -2.32. The Morgan fingerprint density at radius 1 is 1.21 bits per heavy atom. The maximum Gasteiger partial charge on any atom is 0.189 e. The highest BCUT2D eigenvalue weighted by molar-refractivity contribution is 6.35. The number of fused-ring (bicyclic) bond motifs is 2. The van der Waals surface area contributed by atoms with Gasteiger partial charge in [0.15, 0.2) is 5.43 Å². The summed E-state index contributed by atoms with van der Waals surface area (Å²) in [5.74, 6) is 0. The molecule has 0 bridgehead atoms. The summed E-state index contributed by atoms with van der Waals surface area (Å²) in [6, 6.07) is 14.9. The van der Waals surface area contributed by atoms with E-state index in [4.69, 9.17) is 11.6 Å². The van der Waals surface area contributed by atoms with Crippen molar-refractivity contribution in [1.82, 2.24) is 9.88 Å². The molecular formula is C19H17ClN2O2. The molecule has 1 aliphatic rings. The Labute approximate surface area is 144 Å². The number of benzene rings is 2. The largest absolute Gasteiger partial charge is 0.387 e. The minimum atomic E-state index is -0.509. The van der Waals surface area contributed by atoms with Gasteiger partial charge >= 0.3 is 0 Å². The maximum atomic E-state index is 12.3. The van der Waals surface area contributed by atoms with Crippen LogP contribution in [0.4, 0.5) is 0 Å². The van der Waals surface area contributed by atoms with Gasteiger partial charge in [-0.15, -0.1) is 0 Å². The average Bonchev–Trinajstić information content (AvgIpc) is 2.56. The van der Waals surface area contributed by atoms with Crippen LogP contribution in [0.25, 0.3) is 10.9 Å². The van der Waals surface area contributed by atoms with Gasteiger partial charge < -0.3 is 10.1 Å². The fourth-order valence-corrected chi connectivity index (χ4v) is 3.61. The number of aromatic amines is 1. The van der Waals surface area contributed by atoms with Gasteiger partial charge in [-0.05, 0) is 23.3 Å². The van der Waals surface area contributed by atoms with Gasteiger partial charge in [0.1, 0.15) is 0 Å². The number of aromatic nitrogens is 1. The number of β-amino-alcohol motifs (C(OH)–C–C–N with tert-alkyl or cyclic N) is 1. The van der Waals surface area contributed by atoms with E-state index in [1.165, 1.54) is 0 Å². The summed E-state index contributed by atoms with van der Waals surface area (Å²) in [6.07, 6.45) is -0.509. The molecule has 0 fully saturated rings. The van der Waals surface area contributed by atoms with E-state index in [-0.39, 0.29) is 5.43 Å². The summed E-state index contributed by atoms with van der Waals surface area (Å²) in [6.45, 7) is 1.84. The fourth-order valence-electron chi connectivity index (χ4n) is 3.39. The van der Waals surface area contributed by atoms with Crippen molar-refractivity contribution >= 4 is 22.5 Å². The second-order valence-corrected chi connectivity index (χ2v) is 6.61. The van der Waals surface area contributed by atoms with E-state index in [1.807, 2.05) is 24.3 Å². The van der Waals surface area contributed by atoms with E-state index < -0.39 is 6.10 Å². The maximum absolute atomic E-state index is 12.3. The monoisotopic (exact) mass is 340 g/mol. The second-order valence-electron chi connectivity index (χ2n) is 6.21. The Bertz CT molecular complexity index is 967. The van der Waals surface area contributed by atoms with Crippen molar-refractivity contribution < 1.29 is 5.11 Å². The van der Waals surface area contributed by atoms with Crippen molar-refractivity contribution in [3.05, 3.63) is 80.6 Å². The van der Waals surface area contributed by atoms with Gasteiger partial charge in [-0.1, -0.05) is 41.9 Å². The molecule has 1 atom stereocenters. The highest BCUT2D eigenvalue weighted by Gasteiger charge is 2.23. The third-order valence-electron chi connectivity index (χ3n) is 4.50. The van der Waals surface area contributed by atoms with Gasteiger partial charge in [0.25, 0.3) is 0 Å². The van der Waals surface area contributed by atoms with E-state index >= 15 is 0 Å². The number of halogens is 1. The Kier molecular flexibility index (Phi) is 3.88. The van der Waals surface area contributed by atoms with Gasteiger partial charge in [0.05, 0.1) is 16.6 Å². The Morgan fingerprint density at radius 3 is 2.92 bits per heavy atom. The Morgan fingerprint density at radius 2 is 2.04 bits per heavy atom. The quantitative estimate of drug-likeness (QED) is 0.753. The summed E-state index contributed by atoms with van der Waals surface area (Å²) in [7, 11) is 0. The molecule has 0 saturated carbocycles. The Balaban J connectivity index is 1.66. The number of hydrogen-bond acceptors (Lipinski definition) is 3. The molecule has 2 aromatic carbocycles. The number of rotatable bonds is 2. The molecule has 1 aliphatic heterocycles. The SMILES string of the molecule is O=c1cc(CN2Cc3ccccc3C(O)C2)[nH]c2c(Cl)cccc12. The summed E-state index contributed by atoms with van der Waals surface area (Å²) in [5.41, 5.74) is 3.53. The normalized spacial score (nSPS) is 17.8. The van der Waals surface area contributed by atoms with Crippen molar-refractivity contribution in [3.8, 4) is 0 Å². The topological polar surface area (TPSA) is 56.3 Å². The van der Waals surface area contributed by atoms with Crippen LogP contribution in [0.1, 0.15) is 22.9 Å². The van der Waals surface area contributed by atoms with E-state index in [2.05, 4.69) is 9.88 Å². The first kappa shape index (κ1) is 15.4. The molecule has 0 radical (unpaired) electrons. The molecule has 5 heteroatoms. The molecule has 0 saturated heterocycles. The van der Waals surface area contributed by atoms with Crippen LogP contribution >= 0.6 is 11.6 Å². The van der Waals surface area contributed by atoms with E-state index in [0.29, 0.717) is 29.0 Å². The summed E-state index contributed by atoms with van der Waals surface area (Å²) in [4.78, 5) is 17.7. The molecule has 3 aromatic rings. The number of para-hydroxylation sites is 1. The van der Waals surface area contributed by atoms with Crippen LogP contribution in [0.2, 0.25) is 5.02 Å². The first-order valence-electron chi connectivity index (χ1n) is 7.90. The molecule has 0 spiro atoms. The molecule has 4 rings (SSSR count). The van der Waals surface area contributed by atoms with E-state index in [9.17, 15) is 9.90 Å². The molecule has 0 amide bonds. The zero-order valence-corrected chi connectivity index (χ0v) is 13.8. The molecular weight excluding hydrogens is 324 g/mol. The van der Waals surface area contributed by atoms with Gasteiger partial charge in [-0.25, -0.2) is 0 Å². The lowest BCUT2D eigenvalue weighted by atomic mass is 9.97. The van der Waals surface area contributed by atoms with Crippen LogP contribution in [0.5, 0.6) is 0 Å². The van der Waals surface area contributed by atoms with Gasteiger partial charge in [0.2, 0.25) is 0 Å². The van der Waals surface area contributed by atoms with Gasteiger partial charge in [-0.3, -0.25) is 9.69 Å². The smallest absolute Gasteiger partial charge is 0.189 e. The number of aliphatic hydroxyl groups is 1. The molecule has 4 nitrogen and oxygen atoms in total. The van der Waals surface area contributed by atoms with Crippen LogP contribution < -0.4 is 5.43 Å². The molecule has 1 aromatic heterocycles. The lowest BCUT2D eigenvalue weighted by Crippen LogP contribution is -2.33. The highest BCUT2D eigenvalue weighted by atomic mass is 35.5. The molecule has 122 valence electrons. The predicted molar refractivity (Wildman–Crippen MR) is 95.1 cm³/mol. The number of pyridine rings is 1. The summed E-state index contributed by atoms with van der Waals surface area (Å²) < 4.78 is 0. The molecule has 2 heterocycles. The fraction of sp³-hybridized carbons (Fsp3) is 0.211. The minimum absolute atomic E-state index is 0.0424. The number of nitrogens with one attached hydrogen (secondary N) is 1. The highest BCUT2D eigenvalue weighted by Crippen LogP contribution is 2.27. The zero-order valence-electron chi connectivity index (χ0n) is 13.0. The van der Waals surface area contributed by atoms with Crippen molar-refractivity contribution in [2.75, 3.05) is 6.54 Å². The number of aliphatic hydroxyl groups excluding tert-OH is 1. The first-order chi connectivity index (χ1) is 11.6. The predicted octanol–water partition coefficient (Wildman–Crippen LogP) is 3.23. The zero-order chi connectivity index (χ0) is 16.7. The Hall–Kier alpha value is -2.14. The average molecular weight is 341 g/mol. The second kappa shape index (κ2) is 6.06. The van der Waals surface area contributed by atoms with Gasteiger partial charge in [-0.2, -0.15) is 0 Å². The molecule has 0 aliphatic carbocycles. The first-order valence-corrected chi connectivity index (χ1v) is 8.28. The number of hydrogen-bond donors (Lipinski definition) is 2. The molecule has 1 unspecified atom stereocenters. The van der Waals surface area contributed by atoms with Crippen molar-refractivity contribution in [2.24, 2.45) is 0 Å². The summed E-state index contributed by atoms with van der Waals surface area (Å²) in [5, 5.41) is 11.5. The van der Waals surface area contributed by atoms with Crippen LogP contribution in [0, 0.1) is 0 Å². The van der Waals surface area contributed by atoms with Crippen LogP contribution in [-0.4, -0.2) is 21.5 Å². The van der Waals surface area contributed by atoms with Gasteiger partial charge in [0, 0.05) is 36.8 Å². The third kappa shape index (κ3) is 2.73.